The number of hydrogen-bond donors (Lipinski definition) is 1. The summed E-state index contributed by atoms with van der Waals surface area (Å²) in [5.41, 5.74) is 1.71. The summed E-state index contributed by atoms with van der Waals surface area (Å²) in [6.07, 6.45) is 0.911. The number of amides is 2. The van der Waals surface area contributed by atoms with E-state index in [9.17, 15) is 9.00 Å². The summed E-state index contributed by atoms with van der Waals surface area (Å²) in [5, 5.41) is 2.90. The van der Waals surface area contributed by atoms with Gasteiger partial charge in [-0.05, 0) is 51.8 Å². The van der Waals surface area contributed by atoms with Gasteiger partial charge >= 0.3 is 6.03 Å². The lowest BCUT2D eigenvalue weighted by Gasteiger charge is -2.24. The van der Waals surface area contributed by atoms with Crippen LogP contribution in [0, 0.1) is 0 Å². The number of hydrogen-bond acceptors (Lipinski definition) is 2. The third-order valence-corrected chi connectivity index (χ3v) is 5.69. The molecule has 0 fully saturated rings. The smallest absolute Gasteiger partial charge is 0.321 e. The predicted octanol–water partition coefficient (Wildman–Crippen LogP) is 4.00. The van der Waals surface area contributed by atoms with E-state index in [4.69, 9.17) is 0 Å². The second kappa shape index (κ2) is 7.77. The third kappa shape index (κ3) is 5.44. The van der Waals surface area contributed by atoms with E-state index in [1.807, 2.05) is 52.0 Å². The Morgan fingerprint density at radius 3 is 2.55 bits per heavy atom. The molecular formula is C17H28N2O2S. The molecule has 1 N–H and O–H groups in total. The van der Waals surface area contributed by atoms with Gasteiger partial charge in [0, 0.05) is 40.1 Å². The average molecular weight is 324 g/mol. The first-order valence-corrected chi connectivity index (χ1v) is 8.98. The second-order valence-corrected chi connectivity index (χ2v) is 8.81. The molecule has 0 aliphatic heterocycles. The summed E-state index contributed by atoms with van der Waals surface area (Å²) < 4.78 is 12.0. The Hall–Kier alpha value is -1.36. The molecule has 2 amide bonds. The maximum Gasteiger partial charge on any atom is 0.321 e. The average Bonchev–Trinajstić information content (AvgIpc) is 2.44. The number of benzene rings is 1. The standard InChI is InChI=1S/C17H28N2O2S/c1-7-13(2)19(6)16(20)18-15-10-8-9-14(11-15)12-22(21)17(3,4)5/h8-11,13H,7,12H2,1-6H3,(H,18,20)/t13-,22+/m1/s1. The van der Waals surface area contributed by atoms with Crippen LogP contribution in [0.25, 0.3) is 0 Å². The Labute approximate surface area is 136 Å². The zero-order valence-electron chi connectivity index (χ0n) is 14.5. The predicted molar refractivity (Wildman–Crippen MR) is 94.6 cm³/mol. The van der Waals surface area contributed by atoms with Gasteiger partial charge in [0.05, 0.1) is 0 Å². The van der Waals surface area contributed by atoms with E-state index in [1.165, 1.54) is 0 Å². The summed E-state index contributed by atoms with van der Waals surface area (Å²) in [5.74, 6) is 0.494. The number of anilines is 1. The number of nitrogens with zero attached hydrogens (tertiary/aromatic N) is 1. The highest BCUT2D eigenvalue weighted by Gasteiger charge is 2.20. The maximum absolute atomic E-state index is 12.2. The largest absolute Gasteiger partial charge is 0.325 e. The van der Waals surface area contributed by atoms with Gasteiger partial charge in [0.1, 0.15) is 0 Å². The maximum atomic E-state index is 12.2. The van der Waals surface area contributed by atoms with E-state index in [0.29, 0.717) is 5.75 Å². The van der Waals surface area contributed by atoms with Crippen LogP contribution in [0.5, 0.6) is 0 Å². The monoisotopic (exact) mass is 324 g/mol. The summed E-state index contributed by atoms with van der Waals surface area (Å²) in [6, 6.07) is 7.64. The zero-order valence-corrected chi connectivity index (χ0v) is 15.3. The van der Waals surface area contributed by atoms with E-state index >= 15 is 0 Å². The van der Waals surface area contributed by atoms with Crippen LogP contribution < -0.4 is 5.32 Å². The van der Waals surface area contributed by atoms with Crippen LogP contribution in [0.3, 0.4) is 0 Å². The lowest BCUT2D eigenvalue weighted by molar-refractivity contribution is 0.206. The number of nitrogens with one attached hydrogen (secondary N) is 1. The molecule has 0 aliphatic carbocycles. The zero-order chi connectivity index (χ0) is 16.9. The Morgan fingerprint density at radius 2 is 2.00 bits per heavy atom. The SMILES string of the molecule is CC[C@@H](C)N(C)C(=O)Nc1cccc(C[S@](=O)C(C)(C)C)c1. The van der Waals surface area contributed by atoms with Crippen LogP contribution in [0.15, 0.2) is 24.3 Å². The first kappa shape index (κ1) is 18.7. The topological polar surface area (TPSA) is 49.4 Å². The van der Waals surface area contributed by atoms with Crippen LogP contribution in [-0.2, 0) is 16.6 Å². The fourth-order valence-corrected chi connectivity index (χ4v) is 2.71. The van der Waals surface area contributed by atoms with Crippen molar-refractivity contribution in [3.05, 3.63) is 29.8 Å². The van der Waals surface area contributed by atoms with Crippen LogP contribution in [0.1, 0.15) is 46.6 Å². The number of carbonyl (C=O) groups is 1. The number of carbonyl (C=O) groups excluding carboxylic acids is 1. The minimum absolute atomic E-state index is 0.122. The normalized spacial score (nSPS) is 14.3. The Balaban J connectivity index is 2.76. The summed E-state index contributed by atoms with van der Waals surface area (Å²) >= 11 is 0. The molecule has 1 aromatic carbocycles. The first-order chi connectivity index (χ1) is 10.1. The van der Waals surface area contributed by atoms with Crippen molar-refractivity contribution in [2.75, 3.05) is 12.4 Å². The highest BCUT2D eigenvalue weighted by Crippen LogP contribution is 2.19. The van der Waals surface area contributed by atoms with Crippen molar-refractivity contribution < 1.29 is 9.00 Å². The van der Waals surface area contributed by atoms with E-state index < -0.39 is 10.8 Å². The molecule has 1 aromatic rings. The van der Waals surface area contributed by atoms with Crippen molar-refractivity contribution in [3.8, 4) is 0 Å². The van der Waals surface area contributed by atoms with Crippen molar-refractivity contribution in [3.63, 3.8) is 0 Å². The van der Waals surface area contributed by atoms with E-state index in [-0.39, 0.29) is 16.8 Å². The van der Waals surface area contributed by atoms with Gasteiger partial charge in [0.25, 0.3) is 0 Å². The minimum atomic E-state index is -0.950. The first-order valence-electron chi connectivity index (χ1n) is 7.66. The molecule has 0 spiro atoms. The molecule has 2 atom stereocenters. The Kier molecular flexibility index (Phi) is 6.60. The molecule has 0 aliphatic rings. The number of rotatable bonds is 5. The van der Waals surface area contributed by atoms with Gasteiger partial charge < -0.3 is 10.2 Å². The van der Waals surface area contributed by atoms with E-state index in [0.717, 1.165) is 17.7 Å². The van der Waals surface area contributed by atoms with E-state index in [2.05, 4.69) is 12.2 Å². The van der Waals surface area contributed by atoms with Gasteiger partial charge in [0.15, 0.2) is 0 Å². The lowest BCUT2D eigenvalue weighted by atomic mass is 10.2. The van der Waals surface area contributed by atoms with Gasteiger partial charge in [0.2, 0.25) is 0 Å². The van der Waals surface area contributed by atoms with Gasteiger partial charge in [-0.25, -0.2) is 4.79 Å². The molecule has 0 heterocycles. The molecule has 0 bridgehead atoms. The van der Waals surface area contributed by atoms with Crippen LogP contribution in [-0.4, -0.2) is 33.0 Å². The second-order valence-electron chi connectivity index (χ2n) is 6.60. The van der Waals surface area contributed by atoms with Crippen molar-refractivity contribution in [2.24, 2.45) is 0 Å². The summed E-state index contributed by atoms with van der Waals surface area (Å²) in [6.45, 7) is 9.97. The van der Waals surface area contributed by atoms with Crippen molar-refractivity contribution >= 4 is 22.5 Å². The molecule has 22 heavy (non-hydrogen) atoms. The molecule has 0 saturated carbocycles. The molecular weight excluding hydrogens is 296 g/mol. The highest BCUT2D eigenvalue weighted by molar-refractivity contribution is 7.85. The Bertz CT molecular complexity index is 538. The molecule has 0 unspecified atom stereocenters. The quantitative estimate of drug-likeness (QED) is 0.890. The number of urea groups is 1. The third-order valence-electron chi connectivity index (χ3n) is 3.73. The van der Waals surface area contributed by atoms with Gasteiger partial charge in [-0.1, -0.05) is 19.1 Å². The fraction of sp³-hybridized carbons (Fsp3) is 0.588. The van der Waals surface area contributed by atoms with Crippen LogP contribution >= 0.6 is 0 Å². The molecule has 0 radical (unpaired) electrons. The molecule has 0 aromatic heterocycles. The summed E-state index contributed by atoms with van der Waals surface area (Å²) in [4.78, 5) is 13.9. The highest BCUT2D eigenvalue weighted by atomic mass is 32.2. The van der Waals surface area contributed by atoms with Gasteiger partial charge in [-0.2, -0.15) is 0 Å². The lowest BCUT2D eigenvalue weighted by Crippen LogP contribution is -2.37. The van der Waals surface area contributed by atoms with Crippen LogP contribution in [0.4, 0.5) is 10.5 Å². The Morgan fingerprint density at radius 1 is 1.36 bits per heavy atom. The van der Waals surface area contributed by atoms with E-state index in [1.54, 1.807) is 11.9 Å². The molecule has 1 rings (SSSR count). The summed E-state index contributed by atoms with van der Waals surface area (Å²) in [7, 11) is 0.844. The minimum Gasteiger partial charge on any atom is -0.325 e. The van der Waals surface area contributed by atoms with Crippen molar-refractivity contribution in [2.45, 2.75) is 57.6 Å². The molecule has 4 nitrogen and oxygen atoms in total. The molecule has 0 saturated heterocycles. The molecule has 5 heteroatoms. The van der Waals surface area contributed by atoms with Gasteiger partial charge in [-0.15, -0.1) is 0 Å². The fourth-order valence-electron chi connectivity index (χ4n) is 1.79. The van der Waals surface area contributed by atoms with Crippen LogP contribution in [0.2, 0.25) is 0 Å². The van der Waals surface area contributed by atoms with Crippen molar-refractivity contribution in [1.29, 1.82) is 0 Å². The van der Waals surface area contributed by atoms with Gasteiger partial charge in [-0.3, -0.25) is 4.21 Å². The van der Waals surface area contributed by atoms with Crippen molar-refractivity contribution in [1.82, 2.24) is 4.90 Å². The molecule has 124 valence electrons.